The Morgan fingerprint density at radius 2 is 2.11 bits per heavy atom. The van der Waals surface area contributed by atoms with Gasteiger partial charge in [0.2, 0.25) is 5.91 Å². The van der Waals surface area contributed by atoms with Crippen LogP contribution in [0.5, 0.6) is 0 Å². The summed E-state index contributed by atoms with van der Waals surface area (Å²) in [6, 6.07) is 10.1. The Hall–Kier alpha value is -1.42. The van der Waals surface area contributed by atoms with Crippen LogP contribution in [0.1, 0.15) is 24.8 Å². The number of carbonyl (C=O) groups is 1. The fourth-order valence-corrected chi connectivity index (χ4v) is 2.68. The molecule has 1 fully saturated rings. The van der Waals surface area contributed by atoms with Gasteiger partial charge in [0.1, 0.15) is 0 Å². The summed E-state index contributed by atoms with van der Waals surface area (Å²) in [7, 11) is 0. The highest BCUT2D eigenvalue weighted by Gasteiger charge is 2.24. The number of hydrogen-bond donors (Lipinski definition) is 1. The number of thiocarbonyl (C=S) groups is 1. The smallest absolute Gasteiger partial charge is 0.222 e. The summed E-state index contributed by atoms with van der Waals surface area (Å²) >= 11 is 5.04. The van der Waals surface area contributed by atoms with Crippen molar-refractivity contribution >= 4 is 23.1 Å². The fourth-order valence-electron chi connectivity index (χ4n) is 2.49. The Kier molecular flexibility index (Phi) is 4.91. The zero-order valence-electron chi connectivity index (χ0n) is 11.0. The second-order valence-corrected chi connectivity index (χ2v) is 5.54. The minimum atomic E-state index is 0.199. The van der Waals surface area contributed by atoms with Gasteiger partial charge in [-0.3, -0.25) is 4.79 Å². The molecule has 102 valence electrons. The van der Waals surface area contributed by atoms with E-state index in [4.69, 9.17) is 18.0 Å². The number of amides is 1. The topological polar surface area (TPSA) is 46.3 Å². The van der Waals surface area contributed by atoms with Crippen LogP contribution in [0.4, 0.5) is 0 Å². The molecule has 1 aliphatic heterocycles. The van der Waals surface area contributed by atoms with Crippen LogP contribution in [0.2, 0.25) is 0 Å². The van der Waals surface area contributed by atoms with Gasteiger partial charge in [0.15, 0.2) is 0 Å². The normalized spacial score (nSPS) is 19.2. The molecule has 19 heavy (non-hydrogen) atoms. The predicted molar refractivity (Wildman–Crippen MR) is 80.9 cm³/mol. The summed E-state index contributed by atoms with van der Waals surface area (Å²) < 4.78 is 0. The maximum Gasteiger partial charge on any atom is 0.222 e. The molecule has 0 bridgehead atoms. The first kappa shape index (κ1) is 14.0. The SMILES string of the molecule is NC(=S)C1CCCN(C(=O)CCc2ccccc2)C1. The third-order valence-electron chi connectivity index (χ3n) is 3.65. The standard InChI is InChI=1S/C15H20N2OS/c16-15(19)13-7-4-10-17(11-13)14(18)9-8-12-5-2-1-3-6-12/h1-3,5-6,13H,4,7-11H2,(H2,16,19). The lowest BCUT2D eigenvalue weighted by Gasteiger charge is -2.32. The molecule has 1 heterocycles. The molecule has 4 heteroatoms. The molecule has 1 aromatic carbocycles. The number of carbonyl (C=O) groups excluding carboxylic acids is 1. The van der Waals surface area contributed by atoms with E-state index in [9.17, 15) is 4.79 Å². The molecule has 1 unspecified atom stereocenters. The summed E-state index contributed by atoms with van der Waals surface area (Å²) in [6.45, 7) is 1.54. The summed E-state index contributed by atoms with van der Waals surface area (Å²) in [4.78, 5) is 14.6. The van der Waals surface area contributed by atoms with E-state index in [1.165, 1.54) is 5.56 Å². The highest BCUT2D eigenvalue weighted by molar-refractivity contribution is 7.80. The highest BCUT2D eigenvalue weighted by atomic mass is 32.1. The van der Waals surface area contributed by atoms with Gasteiger partial charge in [0.05, 0.1) is 4.99 Å². The van der Waals surface area contributed by atoms with E-state index in [1.807, 2.05) is 23.1 Å². The van der Waals surface area contributed by atoms with E-state index in [-0.39, 0.29) is 11.8 Å². The molecule has 0 spiro atoms. The van der Waals surface area contributed by atoms with E-state index >= 15 is 0 Å². The van der Waals surface area contributed by atoms with Crippen LogP contribution in [0.15, 0.2) is 30.3 Å². The maximum atomic E-state index is 12.2. The number of aryl methyl sites for hydroxylation is 1. The quantitative estimate of drug-likeness (QED) is 0.857. The minimum Gasteiger partial charge on any atom is -0.393 e. The number of piperidine rings is 1. The van der Waals surface area contributed by atoms with Crippen molar-refractivity contribution in [2.75, 3.05) is 13.1 Å². The Morgan fingerprint density at radius 1 is 1.37 bits per heavy atom. The highest BCUT2D eigenvalue weighted by Crippen LogP contribution is 2.18. The summed E-state index contributed by atoms with van der Waals surface area (Å²) in [5.41, 5.74) is 6.90. The Morgan fingerprint density at radius 3 is 2.79 bits per heavy atom. The van der Waals surface area contributed by atoms with Crippen LogP contribution in [-0.2, 0) is 11.2 Å². The first-order valence-corrected chi connectivity index (χ1v) is 7.18. The molecule has 3 nitrogen and oxygen atoms in total. The van der Waals surface area contributed by atoms with Gasteiger partial charge in [0, 0.05) is 25.4 Å². The van der Waals surface area contributed by atoms with Crippen LogP contribution in [0, 0.1) is 5.92 Å². The van der Waals surface area contributed by atoms with Crippen molar-refractivity contribution in [3.63, 3.8) is 0 Å². The maximum absolute atomic E-state index is 12.2. The van der Waals surface area contributed by atoms with Gasteiger partial charge in [0.25, 0.3) is 0 Å². The number of hydrogen-bond acceptors (Lipinski definition) is 2. The largest absolute Gasteiger partial charge is 0.393 e. The molecule has 0 aliphatic carbocycles. The van der Waals surface area contributed by atoms with Crippen molar-refractivity contribution in [3.8, 4) is 0 Å². The molecule has 1 aromatic rings. The fraction of sp³-hybridized carbons (Fsp3) is 0.467. The Bertz CT molecular complexity index is 447. The molecule has 0 radical (unpaired) electrons. The van der Waals surface area contributed by atoms with Crippen LogP contribution in [0.25, 0.3) is 0 Å². The molecule has 1 atom stereocenters. The van der Waals surface area contributed by atoms with Gasteiger partial charge in [-0.2, -0.15) is 0 Å². The number of rotatable bonds is 4. The summed E-state index contributed by atoms with van der Waals surface area (Å²) in [6.07, 6.45) is 3.37. The van der Waals surface area contributed by atoms with Gasteiger partial charge in [-0.1, -0.05) is 42.5 Å². The van der Waals surface area contributed by atoms with Gasteiger partial charge in [-0.25, -0.2) is 0 Å². The molecule has 2 rings (SSSR count). The van der Waals surface area contributed by atoms with E-state index in [0.717, 1.165) is 25.8 Å². The third kappa shape index (κ3) is 4.03. The molecule has 1 saturated heterocycles. The minimum absolute atomic E-state index is 0.199. The van der Waals surface area contributed by atoms with Crippen LogP contribution < -0.4 is 5.73 Å². The lowest BCUT2D eigenvalue weighted by molar-refractivity contribution is -0.132. The zero-order chi connectivity index (χ0) is 13.7. The second-order valence-electron chi connectivity index (χ2n) is 5.07. The van der Waals surface area contributed by atoms with Crippen LogP contribution in [-0.4, -0.2) is 28.9 Å². The average molecular weight is 276 g/mol. The van der Waals surface area contributed by atoms with Crippen LogP contribution in [0.3, 0.4) is 0 Å². The van der Waals surface area contributed by atoms with Crippen molar-refractivity contribution in [2.24, 2.45) is 11.7 Å². The van der Waals surface area contributed by atoms with Gasteiger partial charge >= 0.3 is 0 Å². The number of benzene rings is 1. The molecule has 0 saturated carbocycles. The Balaban J connectivity index is 1.84. The summed E-state index contributed by atoms with van der Waals surface area (Å²) in [5, 5.41) is 0. The first-order chi connectivity index (χ1) is 9.16. The molecule has 1 aliphatic rings. The first-order valence-electron chi connectivity index (χ1n) is 6.78. The molecular weight excluding hydrogens is 256 g/mol. The lowest BCUT2D eigenvalue weighted by Crippen LogP contribution is -2.43. The van der Waals surface area contributed by atoms with Crippen molar-refractivity contribution in [2.45, 2.75) is 25.7 Å². The van der Waals surface area contributed by atoms with E-state index < -0.39 is 0 Å². The average Bonchev–Trinajstić information content (AvgIpc) is 2.46. The summed E-state index contributed by atoms with van der Waals surface area (Å²) in [5.74, 6) is 0.411. The van der Waals surface area contributed by atoms with E-state index in [2.05, 4.69) is 12.1 Å². The third-order valence-corrected chi connectivity index (χ3v) is 3.98. The van der Waals surface area contributed by atoms with Crippen molar-refractivity contribution in [1.82, 2.24) is 4.90 Å². The van der Waals surface area contributed by atoms with Gasteiger partial charge < -0.3 is 10.6 Å². The lowest BCUT2D eigenvalue weighted by atomic mass is 9.97. The van der Waals surface area contributed by atoms with Crippen LogP contribution >= 0.6 is 12.2 Å². The Labute approximate surface area is 119 Å². The molecule has 2 N–H and O–H groups in total. The number of nitrogens with two attached hydrogens (primary N) is 1. The number of nitrogens with zero attached hydrogens (tertiary/aromatic N) is 1. The van der Waals surface area contributed by atoms with E-state index in [1.54, 1.807) is 0 Å². The predicted octanol–water partition coefficient (Wildman–Crippen LogP) is 2.14. The monoisotopic (exact) mass is 276 g/mol. The van der Waals surface area contributed by atoms with Crippen molar-refractivity contribution in [1.29, 1.82) is 0 Å². The number of likely N-dealkylation sites (tertiary alicyclic amines) is 1. The molecular formula is C15H20N2OS. The van der Waals surface area contributed by atoms with Gasteiger partial charge in [-0.05, 0) is 24.8 Å². The van der Waals surface area contributed by atoms with Gasteiger partial charge in [-0.15, -0.1) is 0 Å². The molecule has 0 aromatic heterocycles. The second kappa shape index (κ2) is 6.66. The van der Waals surface area contributed by atoms with Crippen molar-refractivity contribution < 1.29 is 4.79 Å². The molecule has 1 amide bonds. The van der Waals surface area contributed by atoms with E-state index in [0.29, 0.717) is 18.0 Å². The van der Waals surface area contributed by atoms with Crippen molar-refractivity contribution in [3.05, 3.63) is 35.9 Å². The zero-order valence-corrected chi connectivity index (χ0v) is 11.9.